The molecule has 0 bridgehead atoms. The van der Waals surface area contributed by atoms with Crippen LogP contribution in [0.15, 0.2) is 65.8 Å². The molecule has 0 spiro atoms. The van der Waals surface area contributed by atoms with Crippen molar-refractivity contribution in [2.45, 2.75) is 41.7 Å². The first-order chi connectivity index (χ1) is 17.3. The van der Waals surface area contributed by atoms with E-state index in [-0.39, 0.29) is 5.95 Å². The lowest BCUT2D eigenvalue weighted by molar-refractivity contribution is 0.567. The Hall–Kier alpha value is -3.11. The molecular formula is C25H28N8S2. The Morgan fingerprint density at radius 2 is 1.51 bits per heavy atom. The van der Waals surface area contributed by atoms with Crippen molar-refractivity contribution in [3.8, 4) is 5.69 Å². The zero-order valence-electron chi connectivity index (χ0n) is 19.5. The number of nitrogens with two attached hydrogens (primary N) is 1. The Kier molecular flexibility index (Phi) is 7.79. The molecule has 0 aliphatic carbocycles. The molecule has 1 aliphatic heterocycles. The van der Waals surface area contributed by atoms with Crippen molar-refractivity contribution in [3.63, 3.8) is 0 Å². The predicted molar refractivity (Wildman–Crippen MR) is 143 cm³/mol. The monoisotopic (exact) mass is 504 g/mol. The van der Waals surface area contributed by atoms with Gasteiger partial charge in [0.25, 0.3) is 0 Å². The summed E-state index contributed by atoms with van der Waals surface area (Å²) in [5.41, 5.74) is 8.37. The van der Waals surface area contributed by atoms with Gasteiger partial charge in [-0.25, -0.2) is 0 Å². The van der Waals surface area contributed by atoms with Crippen molar-refractivity contribution in [2.75, 3.05) is 23.7 Å². The highest BCUT2D eigenvalue weighted by Crippen LogP contribution is 2.27. The lowest BCUT2D eigenvalue weighted by Gasteiger charge is -2.26. The third-order valence-corrected chi connectivity index (χ3v) is 7.64. The van der Waals surface area contributed by atoms with Crippen molar-refractivity contribution in [1.82, 2.24) is 29.7 Å². The van der Waals surface area contributed by atoms with E-state index in [0.29, 0.717) is 17.5 Å². The van der Waals surface area contributed by atoms with E-state index in [1.54, 1.807) is 11.8 Å². The highest BCUT2D eigenvalue weighted by molar-refractivity contribution is 7.98. The fourth-order valence-electron chi connectivity index (χ4n) is 4.01. The molecule has 1 fully saturated rings. The molecule has 2 aromatic heterocycles. The van der Waals surface area contributed by atoms with Crippen molar-refractivity contribution in [2.24, 2.45) is 0 Å². The molecule has 4 aromatic rings. The molecule has 3 heterocycles. The van der Waals surface area contributed by atoms with Gasteiger partial charge in [0.2, 0.25) is 11.9 Å². The maximum atomic E-state index is 6.03. The molecule has 35 heavy (non-hydrogen) atoms. The summed E-state index contributed by atoms with van der Waals surface area (Å²) in [5.74, 6) is 4.74. The number of piperidine rings is 1. The van der Waals surface area contributed by atoms with E-state index >= 15 is 0 Å². The number of para-hydroxylation sites is 1. The van der Waals surface area contributed by atoms with Gasteiger partial charge in [0, 0.05) is 24.5 Å². The Bertz CT molecular complexity index is 1230. The number of hydrogen-bond acceptors (Lipinski definition) is 9. The van der Waals surface area contributed by atoms with E-state index in [4.69, 9.17) is 10.7 Å². The van der Waals surface area contributed by atoms with Crippen LogP contribution < -0.4 is 10.6 Å². The highest BCUT2D eigenvalue weighted by atomic mass is 32.2. The van der Waals surface area contributed by atoms with Gasteiger partial charge in [-0.3, -0.25) is 4.57 Å². The fourth-order valence-corrected chi connectivity index (χ4v) is 5.74. The van der Waals surface area contributed by atoms with Crippen LogP contribution in [0.4, 0.5) is 11.9 Å². The van der Waals surface area contributed by atoms with Gasteiger partial charge in [0.15, 0.2) is 5.16 Å². The molecule has 2 aromatic carbocycles. The zero-order chi connectivity index (χ0) is 23.9. The molecule has 0 amide bonds. The smallest absolute Gasteiger partial charge is 0.230 e. The summed E-state index contributed by atoms with van der Waals surface area (Å²) in [5, 5.41) is 9.86. The quantitative estimate of drug-likeness (QED) is 0.324. The molecule has 2 N–H and O–H groups in total. The summed E-state index contributed by atoms with van der Waals surface area (Å²) < 4.78 is 2.12. The Morgan fingerprint density at radius 3 is 2.29 bits per heavy atom. The van der Waals surface area contributed by atoms with E-state index in [1.165, 1.54) is 12.0 Å². The zero-order valence-corrected chi connectivity index (χ0v) is 21.1. The standard InChI is InChI=1S/C25H28N8S2/c26-23-27-21(28-24(29-23)32-14-8-3-9-15-32)17-35-25-31-30-22(33(25)20-12-6-2-7-13-20)18-34-16-19-10-4-1-5-11-19/h1-2,4-7,10-13H,3,8-9,14-18H2,(H2,26,27,28,29). The maximum absolute atomic E-state index is 6.03. The summed E-state index contributed by atoms with van der Waals surface area (Å²) >= 11 is 3.39. The molecule has 0 unspecified atom stereocenters. The first-order valence-corrected chi connectivity index (χ1v) is 13.9. The summed E-state index contributed by atoms with van der Waals surface area (Å²) in [6.07, 6.45) is 3.56. The molecule has 0 saturated carbocycles. The van der Waals surface area contributed by atoms with Crippen LogP contribution in [0.3, 0.4) is 0 Å². The minimum absolute atomic E-state index is 0.263. The van der Waals surface area contributed by atoms with Crippen LogP contribution in [0.25, 0.3) is 5.69 Å². The maximum Gasteiger partial charge on any atom is 0.230 e. The normalized spacial score (nSPS) is 13.8. The summed E-state index contributed by atoms with van der Waals surface area (Å²) in [6.45, 7) is 1.92. The number of nitrogens with zero attached hydrogens (tertiary/aromatic N) is 7. The highest BCUT2D eigenvalue weighted by Gasteiger charge is 2.18. The van der Waals surface area contributed by atoms with Gasteiger partial charge in [-0.1, -0.05) is 60.3 Å². The number of benzene rings is 2. The van der Waals surface area contributed by atoms with Crippen LogP contribution in [0.2, 0.25) is 0 Å². The topological polar surface area (TPSA) is 98.6 Å². The van der Waals surface area contributed by atoms with E-state index in [1.807, 2.05) is 36.0 Å². The average Bonchev–Trinajstić information content (AvgIpc) is 3.31. The van der Waals surface area contributed by atoms with Gasteiger partial charge < -0.3 is 10.6 Å². The van der Waals surface area contributed by atoms with Crippen LogP contribution in [-0.2, 0) is 17.3 Å². The van der Waals surface area contributed by atoms with E-state index in [9.17, 15) is 0 Å². The molecule has 180 valence electrons. The number of rotatable bonds is 9. The first kappa shape index (κ1) is 23.6. The number of thioether (sulfide) groups is 2. The summed E-state index contributed by atoms with van der Waals surface area (Å²) in [4.78, 5) is 15.7. The molecular weight excluding hydrogens is 476 g/mol. The fraction of sp³-hybridized carbons (Fsp3) is 0.320. The molecule has 0 atom stereocenters. The molecule has 0 radical (unpaired) electrons. The van der Waals surface area contributed by atoms with Gasteiger partial charge in [-0.2, -0.15) is 15.0 Å². The number of nitrogen functional groups attached to an aromatic ring is 1. The van der Waals surface area contributed by atoms with Gasteiger partial charge in [-0.05, 0) is 37.0 Å². The lowest BCUT2D eigenvalue weighted by Crippen LogP contribution is -2.31. The van der Waals surface area contributed by atoms with Gasteiger partial charge >= 0.3 is 0 Å². The van der Waals surface area contributed by atoms with Crippen LogP contribution >= 0.6 is 23.5 Å². The Morgan fingerprint density at radius 1 is 0.771 bits per heavy atom. The average molecular weight is 505 g/mol. The van der Waals surface area contributed by atoms with Crippen molar-refractivity contribution >= 4 is 35.4 Å². The third kappa shape index (κ3) is 6.12. The third-order valence-electron chi connectivity index (χ3n) is 5.71. The lowest BCUT2D eigenvalue weighted by atomic mass is 10.1. The second-order valence-electron chi connectivity index (χ2n) is 8.29. The number of aromatic nitrogens is 6. The minimum Gasteiger partial charge on any atom is -0.368 e. The van der Waals surface area contributed by atoms with Crippen LogP contribution in [0.1, 0.15) is 36.5 Å². The van der Waals surface area contributed by atoms with E-state index in [0.717, 1.165) is 54.1 Å². The minimum atomic E-state index is 0.263. The van der Waals surface area contributed by atoms with Crippen LogP contribution in [0.5, 0.6) is 0 Å². The molecule has 10 heteroatoms. The SMILES string of the molecule is Nc1nc(CSc2nnc(CSCc3ccccc3)n2-c2ccccc2)nc(N2CCCCC2)n1. The second-order valence-corrected chi connectivity index (χ2v) is 10.2. The van der Waals surface area contributed by atoms with E-state index < -0.39 is 0 Å². The van der Waals surface area contributed by atoms with Crippen molar-refractivity contribution < 1.29 is 0 Å². The van der Waals surface area contributed by atoms with Crippen LogP contribution in [0, 0.1) is 0 Å². The van der Waals surface area contributed by atoms with Gasteiger partial charge in [0.1, 0.15) is 11.6 Å². The molecule has 1 aliphatic rings. The van der Waals surface area contributed by atoms with Crippen molar-refractivity contribution in [1.29, 1.82) is 0 Å². The summed E-state index contributed by atoms with van der Waals surface area (Å²) in [7, 11) is 0. The van der Waals surface area contributed by atoms with Crippen molar-refractivity contribution in [3.05, 3.63) is 77.9 Å². The molecule has 8 nitrogen and oxygen atoms in total. The predicted octanol–water partition coefficient (Wildman–Crippen LogP) is 4.75. The second kappa shape index (κ2) is 11.5. The largest absolute Gasteiger partial charge is 0.368 e. The summed E-state index contributed by atoms with van der Waals surface area (Å²) in [6, 6.07) is 20.7. The molecule has 1 saturated heterocycles. The van der Waals surface area contributed by atoms with Gasteiger partial charge in [-0.15, -0.1) is 22.0 Å². The van der Waals surface area contributed by atoms with Gasteiger partial charge in [0.05, 0.1) is 11.5 Å². The Balaban J connectivity index is 1.32. The van der Waals surface area contributed by atoms with Crippen LogP contribution in [-0.4, -0.2) is 42.8 Å². The molecule has 5 rings (SSSR count). The number of anilines is 2. The number of hydrogen-bond donors (Lipinski definition) is 1. The van der Waals surface area contributed by atoms with E-state index in [2.05, 4.69) is 66.0 Å². The Labute approximate surface area is 213 Å². The first-order valence-electron chi connectivity index (χ1n) is 11.8.